The maximum Gasteiger partial charge on any atom is 0.417 e. The van der Waals surface area contributed by atoms with E-state index in [9.17, 15) is 22.8 Å². The van der Waals surface area contributed by atoms with Crippen LogP contribution in [0.3, 0.4) is 0 Å². The number of likely N-dealkylation sites (tertiary alicyclic amines) is 1. The molecule has 2 saturated carbocycles. The first-order valence-electron chi connectivity index (χ1n) is 12.5. The fourth-order valence-corrected chi connectivity index (χ4v) is 7.30. The number of amides is 2. The Labute approximate surface area is 222 Å². The summed E-state index contributed by atoms with van der Waals surface area (Å²) in [6.45, 7) is 0.187. The molecule has 1 aromatic heterocycles. The smallest absolute Gasteiger partial charge is 0.417 e. The van der Waals surface area contributed by atoms with Crippen molar-refractivity contribution in [2.24, 2.45) is 29.6 Å². The minimum atomic E-state index is -4.55. The number of pyridine rings is 1. The van der Waals surface area contributed by atoms with Gasteiger partial charge in [-0.2, -0.15) is 18.2 Å². The number of nitrogens with zero attached hydrogens (tertiary/aromatic N) is 3. The Morgan fingerprint density at radius 2 is 1.84 bits per heavy atom. The summed E-state index contributed by atoms with van der Waals surface area (Å²) in [6, 6.07) is 8.59. The zero-order valence-corrected chi connectivity index (χ0v) is 21.4. The van der Waals surface area contributed by atoms with Gasteiger partial charge in [-0.25, -0.2) is 4.98 Å². The van der Waals surface area contributed by atoms with E-state index >= 15 is 0 Å². The third kappa shape index (κ3) is 3.85. The van der Waals surface area contributed by atoms with E-state index in [1.165, 1.54) is 4.90 Å². The minimum absolute atomic E-state index is 0.0208. The molecule has 2 aliphatic heterocycles. The number of fused-ring (bicyclic) bond motifs is 8. The van der Waals surface area contributed by atoms with Gasteiger partial charge in [0, 0.05) is 38.2 Å². The summed E-state index contributed by atoms with van der Waals surface area (Å²) < 4.78 is 43.9. The average molecular weight is 551 g/mol. The number of methoxy groups -OCH3 is 1. The molecule has 8 nitrogen and oxygen atoms in total. The van der Waals surface area contributed by atoms with E-state index in [2.05, 4.69) is 10.3 Å². The van der Waals surface area contributed by atoms with Crippen LogP contribution in [-0.4, -0.2) is 60.1 Å². The summed E-state index contributed by atoms with van der Waals surface area (Å²) in [5, 5.41) is 4.52. The predicted octanol–water partition coefficient (Wildman–Crippen LogP) is 4.03. The normalized spacial score (nSPS) is 32.2. The van der Waals surface area contributed by atoms with Gasteiger partial charge >= 0.3 is 6.18 Å². The SMILES string of the molecule is COc1ccc([C@@H]2[C@H]3[C@@H]4C[C@@H]([C@@H]3ON2C)[C@@H]2C(=O)N(CCNc3ncc(C(F)(F)F)cc3Cl)C(=O)[C@@H]42)cc1. The molecule has 2 amide bonds. The monoisotopic (exact) mass is 550 g/mol. The number of carbonyl (C=O) groups is 2. The topological polar surface area (TPSA) is 84.0 Å². The molecule has 4 aliphatic rings. The first-order valence-corrected chi connectivity index (χ1v) is 12.8. The lowest BCUT2D eigenvalue weighted by atomic mass is 9.70. The van der Waals surface area contributed by atoms with Gasteiger partial charge in [0.05, 0.1) is 41.7 Å². The summed E-state index contributed by atoms with van der Waals surface area (Å²) >= 11 is 5.96. The number of carbonyl (C=O) groups excluding carboxylic acids is 2. The molecular formula is C26H26ClF3N4O4. The minimum Gasteiger partial charge on any atom is -0.497 e. The molecule has 4 fully saturated rings. The molecule has 0 spiro atoms. The first kappa shape index (κ1) is 25.4. The average Bonchev–Trinajstić information content (AvgIpc) is 3.59. The van der Waals surface area contributed by atoms with E-state index in [-0.39, 0.29) is 65.6 Å². The van der Waals surface area contributed by atoms with Crippen molar-refractivity contribution < 1.29 is 32.3 Å². The zero-order chi connectivity index (χ0) is 26.9. The van der Waals surface area contributed by atoms with Crippen LogP contribution >= 0.6 is 11.6 Å². The highest BCUT2D eigenvalue weighted by Gasteiger charge is 2.71. The maximum absolute atomic E-state index is 13.5. The van der Waals surface area contributed by atoms with Crippen molar-refractivity contribution in [1.82, 2.24) is 14.9 Å². The van der Waals surface area contributed by atoms with E-state index in [4.69, 9.17) is 21.2 Å². The number of hydrogen-bond donors (Lipinski definition) is 1. The van der Waals surface area contributed by atoms with E-state index in [1.807, 2.05) is 36.4 Å². The van der Waals surface area contributed by atoms with Crippen LogP contribution in [0, 0.1) is 29.6 Å². The Bertz CT molecular complexity index is 1280. The second-order valence-electron chi connectivity index (χ2n) is 10.3. The van der Waals surface area contributed by atoms with Gasteiger partial charge in [0.2, 0.25) is 11.8 Å². The van der Waals surface area contributed by atoms with Crippen molar-refractivity contribution >= 4 is 29.2 Å². The zero-order valence-electron chi connectivity index (χ0n) is 20.6. The number of aromatic nitrogens is 1. The van der Waals surface area contributed by atoms with Crippen LogP contribution in [0.5, 0.6) is 5.75 Å². The van der Waals surface area contributed by atoms with Crippen LogP contribution in [0.25, 0.3) is 0 Å². The van der Waals surface area contributed by atoms with Crippen molar-refractivity contribution in [3.8, 4) is 5.75 Å². The summed E-state index contributed by atoms with van der Waals surface area (Å²) in [7, 11) is 3.51. The van der Waals surface area contributed by atoms with Crippen LogP contribution in [0.1, 0.15) is 23.6 Å². The fraction of sp³-hybridized carbons (Fsp3) is 0.500. The van der Waals surface area contributed by atoms with Gasteiger partial charge in [0.15, 0.2) is 0 Å². The molecule has 2 aromatic rings. The molecule has 0 unspecified atom stereocenters. The van der Waals surface area contributed by atoms with Gasteiger partial charge in [-0.15, -0.1) is 0 Å². The standard InChI is InChI=1S/C26H26ClF3N4O4/c1-33-21(12-3-5-14(37-2)6-4-12)20-15-10-16(22(20)38-33)19-18(15)24(35)34(25(19)36)8-7-31-23-17(27)9-13(11-32-23)26(28,29)30/h3-6,9,11,15-16,18-22H,7-8,10H2,1-2H3,(H,31,32)/t15-,16-,18+,19+,20-,21-,22+/m1/s1. The quantitative estimate of drug-likeness (QED) is 0.544. The number of rotatable bonds is 6. The molecule has 0 radical (unpaired) electrons. The van der Waals surface area contributed by atoms with Gasteiger partial charge in [0.25, 0.3) is 0 Å². The number of nitrogens with one attached hydrogen (secondary N) is 1. The molecule has 2 aliphatic carbocycles. The lowest BCUT2D eigenvalue weighted by molar-refractivity contribution is -0.164. The highest BCUT2D eigenvalue weighted by atomic mass is 35.5. The van der Waals surface area contributed by atoms with Crippen molar-refractivity contribution in [3.63, 3.8) is 0 Å². The number of benzene rings is 1. The summed E-state index contributed by atoms with van der Waals surface area (Å²) in [5.74, 6) is -0.318. The molecule has 1 N–H and O–H groups in total. The number of alkyl halides is 3. The van der Waals surface area contributed by atoms with E-state index in [1.54, 1.807) is 7.11 Å². The Morgan fingerprint density at radius 3 is 2.47 bits per heavy atom. The lowest BCUT2D eigenvalue weighted by Crippen LogP contribution is -2.39. The van der Waals surface area contributed by atoms with Crippen LogP contribution in [-0.2, 0) is 20.6 Å². The molecule has 2 saturated heterocycles. The molecule has 2 bridgehead atoms. The van der Waals surface area contributed by atoms with Gasteiger partial charge in [0.1, 0.15) is 11.6 Å². The fourth-order valence-electron chi connectivity index (χ4n) is 7.07. The van der Waals surface area contributed by atoms with Crippen LogP contribution in [0.15, 0.2) is 36.5 Å². The number of hydroxylamine groups is 2. The highest BCUT2D eigenvalue weighted by molar-refractivity contribution is 6.33. The molecule has 38 heavy (non-hydrogen) atoms. The number of anilines is 1. The molecule has 202 valence electrons. The van der Waals surface area contributed by atoms with Crippen molar-refractivity contribution in [2.75, 3.05) is 32.6 Å². The molecule has 3 heterocycles. The number of hydrogen-bond acceptors (Lipinski definition) is 7. The van der Waals surface area contributed by atoms with Crippen LogP contribution < -0.4 is 10.1 Å². The Kier molecular flexibility index (Phi) is 6.08. The Balaban J connectivity index is 1.15. The van der Waals surface area contributed by atoms with E-state index in [0.29, 0.717) is 6.20 Å². The molecule has 12 heteroatoms. The Hall–Kier alpha value is -2.89. The summed E-state index contributed by atoms with van der Waals surface area (Å²) in [6.07, 6.45) is -3.22. The van der Waals surface area contributed by atoms with Crippen molar-refractivity contribution in [2.45, 2.75) is 24.7 Å². The van der Waals surface area contributed by atoms with Crippen LogP contribution in [0.4, 0.5) is 19.0 Å². The highest BCUT2D eigenvalue weighted by Crippen LogP contribution is 2.65. The molecule has 7 atom stereocenters. The van der Waals surface area contributed by atoms with Gasteiger partial charge < -0.3 is 10.1 Å². The molecular weight excluding hydrogens is 525 g/mol. The maximum atomic E-state index is 13.5. The summed E-state index contributed by atoms with van der Waals surface area (Å²) in [5.41, 5.74) is 0.122. The third-order valence-electron chi connectivity index (χ3n) is 8.55. The number of halogens is 4. The predicted molar refractivity (Wildman–Crippen MR) is 130 cm³/mol. The van der Waals surface area contributed by atoms with Gasteiger partial charge in [-0.05, 0) is 36.1 Å². The van der Waals surface area contributed by atoms with Gasteiger partial charge in [-0.1, -0.05) is 23.7 Å². The number of ether oxygens (including phenoxy) is 1. The second-order valence-corrected chi connectivity index (χ2v) is 10.7. The molecule has 1 aromatic carbocycles. The van der Waals surface area contributed by atoms with Crippen molar-refractivity contribution in [1.29, 1.82) is 0 Å². The largest absolute Gasteiger partial charge is 0.497 e. The number of imide groups is 1. The van der Waals surface area contributed by atoms with E-state index in [0.717, 1.165) is 23.8 Å². The summed E-state index contributed by atoms with van der Waals surface area (Å²) in [4.78, 5) is 38.1. The third-order valence-corrected chi connectivity index (χ3v) is 8.84. The second kappa shape index (κ2) is 9.10. The van der Waals surface area contributed by atoms with E-state index < -0.39 is 23.6 Å². The lowest BCUT2D eigenvalue weighted by Gasteiger charge is -2.32. The van der Waals surface area contributed by atoms with Crippen molar-refractivity contribution in [3.05, 3.63) is 52.7 Å². The molecule has 6 rings (SSSR count). The Morgan fingerprint density at radius 1 is 1.16 bits per heavy atom. The first-order chi connectivity index (χ1) is 18.1. The van der Waals surface area contributed by atoms with Crippen LogP contribution in [0.2, 0.25) is 5.02 Å². The van der Waals surface area contributed by atoms with Gasteiger partial charge in [-0.3, -0.25) is 19.3 Å².